The summed E-state index contributed by atoms with van der Waals surface area (Å²) in [5, 5.41) is 21.5. The topological polar surface area (TPSA) is 72.8 Å². The molecule has 0 unspecified atom stereocenters. The van der Waals surface area contributed by atoms with Crippen LogP contribution in [0.1, 0.15) is 20.8 Å². The van der Waals surface area contributed by atoms with Crippen LogP contribution in [0.15, 0.2) is 0 Å². The van der Waals surface area contributed by atoms with E-state index in [0.29, 0.717) is 6.54 Å². The van der Waals surface area contributed by atoms with Gasteiger partial charge in [-0.05, 0) is 20.8 Å². The first-order valence-electron chi connectivity index (χ1n) is 4.73. The molecule has 0 aromatic rings. The summed E-state index contributed by atoms with van der Waals surface area (Å²) < 4.78 is 0. The lowest BCUT2D eigenvalue weighted by Gasteiger charge is -2.27. The Morgan fingerprint density at radius 3 is 2.36 bits per heavy atom. The molecule has 0 radical (unpaired) electrons. The molecule has 0 aromatic heterocycles. The van der Waals surface area contributed by atoms with Crippen LogP contribution < -0.4 is 5.32 Å². The molecule has 1 heterocycles. The summed E-state index contributed by atoms with van der Waals surface area (Å²) in [4.78, 5) is 11.9. The smallest absolute Gasteiger partial charge is 0.407 e. The van der Waals surface area contributed by atoms with E-state index in [2.05, 4.69) is 5.32 Å². The largest absolute Gasteiger partial charge is 0.465 e. The van der Waals surface area contributed by atoms with E-state index in [-0.39, 0.29) is 18.1 Å². The van der Waals surface area contributed by atoms with Crippen LogP contribution in [-0.4, -0.2) is 52.0 Å². The molecular weight excluding hydrogens is 184 g/mol. The lowest BCUT2D eigenvalue weighted by molar-refractivity contribution is 0.132. The average molecular weight is 202 g/mol. The monoisotopic (exact) mass is 202 g/mol. The van der Waals surface area contributed by atoms with Crippen molar-refractivity contribution in [2.75, 3.05) is 13.1 Å². The normalized spacial score (nSPS) is 28.1. The fourth-order valence-corrected chi connectivity index (χ4v) is 1.64. The Hall–Kier alpha value is -0.810. The molecule has 0 bridgehead atoms. The summed E-state index contributed by atoms with van der Waals surface area (Å²) in [5.41, 5.74) is -0.111. The van der Waals surface area contributed by atoms with E-state index in [1.807, 2.05) is 20.8 Å². The molecule has 0 spiro atoms. The summed E-state index contributed by atoms with van der Waals surface area (Å²) >= 11 is 0. The Balaban J connectivity index is 2.53. The Morgan fingerprint density at radius 1 is 1.43 bits per heavy atom. The van der Waals surface area contributed by atoms with Crippen LogP contribution in [0.25, 0.3) is 0 Å². The maximum Gasteiger partial charge on any atom is 0.407 e. The number of aliphatic hydroxyl groups is 1. The molecule has 14 heavy (non-hydrogen) atoms. The lowest BCUT2D eigenvalue weighted by atomic mass is 10.1. The Labute approximate surface area is 83.7 Å². The van der Waals surface area contributed by atoms with Gasteiger partial charge in [0.05, 0.1) is 18.7 Å². The zero-order valence-corrected chi connectivity index (χ0v) is 8.82. The molecular formula is C9H18N2O3. The minimum atomic E-state index is -0.970. The summed E-state index contributed by atoms with van der Waals surface area (Å²) in [7, 11) is 0. The van der Waals surface area contributed by atoms with Crippen LogP contribution in [0.2, 0.25) is 0 Å². The van der Waals surface area contributed by atoms with Gasteiger partial charge in [-0.2, -0.15) is 0 Å². The molecule has 82 valence electrons. The Morgan fingerprint density at radius 2 is 2.00 bits per heavy atom. The zero-order chi connectivity index (χ0) is 10.9. The van der Waals surface area contributed by atoms with Crippen molar-refractivity contribution < 1.29 is 15.0 Å². The van der Waals surface area contributed by atoms with Crippen LogP contribution in [0.4, 0.5) is 4.79 Å². The molecule has 1 saturated heterocycles. The highest BCUT2D eigenvalue weighted by Gasteiger charge is 2.35. The quantitative estimate of drug-likeness (QED) is 0.564. The molecule has 1 amide bonds. The third-order valence-corrected chi connectivity index (χ3v) is 2.18. The molecule has 0 aromatic carbocycles. The highest BCUT2D eigenvalue weighted by atomic mass is 16.4. The van der Waals surface area contributed by atoms with Crippen molar-refractivity contribution >= 4 is 6.09 Å². The predicted molar refractivity (Wildman–Crippen MR) is 52.3 cm³/mol. The lowest BCUT2D eigenvalue weighted by Crippen LogP contribution is -2.49. The first kappa shape index (κ1) is 11.3. The van der Waals surface area contributed by atoms with Crippen molar-refractivity contribution in [3.63, 3.8) is 0 Å². The fourth-order valence-electron chi connectivity index (χ4n) is 1.64. The van der Waals surface area contributed by atoms with Crippen molar-refractivity contribution in [1.82, 2.24) is 10.2 Å². The predicted octanol–water partition coefficient (Wildman–Crippen LogP) is 0.0976. The van der Waals surface area contributed by atoms with Crippen molar-refractivity contribution in [1.29, 1.82) is 0 Å². The van der Waals surface area contributed by atoms with Gasteiger partial charge in [0.25, 0.3) is 0 Å². The molecule has 3 N–H and O–H groups in total. The van der Waals surface area contributed by atoms with E-state index in [1.165, 1.54) is 4.90 Å². The van der Waals surface area contributed by atoms with Crippen molar-refractivity contribution in [3.8, 4) is 0 Å². The minimum absolute atomic E-state index is 0.111. The zero-order valence-electron chi connectivity index (χ0n) is 8.82. The number of nitrogens with zero attached hydrogens (tertiary/aromatic N) is 1. The number of carboxylic acid groups (broad SMARTS) is 1. The fraction of sp³-hybridized carbons (Fsp3) is 0.889. The number of hydrogen-bond acceptors (Lipinski definition) is 3. The van der Waals surface area contributed by atoms with Crippen LogP contribution in [-0.2, 0) is 0 Å². The second kappa shape index (κ2) is 3.74. The third kappa shape index (κ3) is 2.85. The molecule has 1 aliphatic rings. The Bertz CT molecular complexity index is 225. The van der Waals surface area contributed by atoms with Gasteiger partial charge in [-0.15, -0.1) is 0 Å². The van der Waals surface area contributed by atoms with Gasteiger partial charge < -0.3 is 20.4 Å². The van der Waals surface area contributed by atoms with Gasteiger partial charge in [-0.3, -0.25) is 0 Å². The van der Waals surface area contributed by atoms with Crippen LogP contribution in [0.3, 0.4) is 0 Å². The molecule has 5 heteroatoms. The average Bonchev–Trinajstić information content (AvgIpc) is 2.29. The summed E-state index contributed by atoms with van der Waals surface area (Å²) in [5.74, 6) is 0. The second-order valence-corrected chi connectivity index (χ2v) is 4.76. The Kier molecular flexibility index (Phi) is 3.01. The van der Waals surface area contributed by atoms with Crippen LogP contribution in [0.5, 0.6) is 0 Å². The highest BCUT2D eigenvalue weighted by Crippen LogP contribution is 2.13. The van der Waals surface area contributed by atoms with E-state index in [0.717, 1.165) is 0 Å². The summed E-state index contributed by atoms with van der Waals surface area (Å²) in [6, 6.07) is -0.161. The number of aliphatic hydroxyl groups excluding tert-OH is 1. The molecule has 0 saturated carbocycles. The van der Waals surface area contributed by atoms with Crippen molar-refractivity contribution in [3.05, 3.63) is 0 Å². The minimum Gasteiger partial charge on any atom is -0.465 e. The van der Waals surface area contributed by atoms with Gasteiger partial charge in [-0.1, -0.05) is 0 Å². The van der Waals surface area contributed by atoms with E-state index in [4.69, 9.17) is 5.11 Å². The second-order valence-electron chi connectivity index (χ2n) is 4.76. The molecule has 1 fully saturated rings. The van der Waals surface area contributed by atoms with Gasteiger partial charge in [0, 0.05) is 12.1 Å². The van der Waals surface area contributed by atoms with Gasteiger partial charge in [0.1, 0.15) is 0 Å². The molecule has 0 aliphatic carbocycles. The number of hydrogen-bond donors (Lipinski definition) is 3. The number of β-amino-alcohol motifs (C(OH)–C–C–N with tert-alkyl or cyclic N) is 1. The van der Waals surface area contributed by atoms with Crippen LogP contribution >= 0.6 is 0 Å². The molecule has 5 nitrogen and oxygen atoms in total. The van der Waals surface area contributed by atoms with Gasteiger partial charge in [0.15, 0.2) is 0 Å². The van der Waals surface area contributed by atoms with Gasteiger partial charge >= 0.3 is 6.09 Å². The van der Waals surface area contributed by atoms with Gasteiger partial charge in [-0.25, -0.2) is 4.79 Å². The molecule has 1 aliphatic heterocycles. The van der Waals surface area contributed by atoms with E-state index >= 15 is 0 Å². The number of carbonyl (C=O) groups is 1. The molecule has 1 rings (SSSR count). The summed E-state index contributed by atoms with van der Waals surface area (Å²) in [6.45, 7) is 6.52. The first-order valence-corrected chi connectivity index (χ1v) is 4.73. The first-order chi connectivity index (χ1) is 6.29. The number of nitrogens with one attached hydrogen (secondary N) is 1. The highest BCUT2D eigenvalue weighted by molar-refractivity contribution is 5.65. The van der Waals surface area contributed by atoms with Crippen LogP contribution in [0, 0.1) is 0 Å². The van der Waals surface area contributed by atoms with E-state index in [9.17, 15) is 9.90 Å². The standard InChI is InChI=1S/C9H18N2O3/c1-9(2,3)10-6-4-11(8(13)14)5-7(6)12/h6-7,10,12H,4-5H2,1-3H3,(H,13,14)/t6-,7-/m1/s1. The van der Waals surface area contributed by atoms with Gasteiger partial charge in [0.2, 0.25) is 0 Å². The number of likely N-dealkylation sites (tertiary alicyclic amines) is 1. The maximum atomic E-state index is 10.6. The number of rotatable bonds is 1. The van der Waals surface area contributed by atoms with Crippen molar-refractivity contribution in [2.45, 2.75) is 38.5 Å². The molecule has 2 atom stereocenters. The van der Waals surface area contributed by atoms with Crippen molar-refractivity contribution in [2.24, 2.45) is 0 Å². The SMILES string of the molecule is CC(C)(C)N[C@@H]1CN(C(=O)O)C[C@H]1O. The third-order valence-electron chi connectivity index (χ3n) is 2.18. The number of amides is 1. The maximum absolute atomic E-state index is 10.6. The summed E-state index contributed by atoms with van der Waals surface area (Å²) in [6.07, 6.45) is -1.58. The van der Waals surface area contributed by atoms with E-state index in [1.54, 1.807) is 0 Å². The van der Waals surface area contributed by atoms with E-state index < -0.39 is 12.2 Å².